The predicted octanol–water partition coefficient (Wildman–Crippen LogP) is 4.05. The molecule has 0 aliphatic heterocycles. The lowest BCUT2D eigenvalue weighted by atomic mass is 10.1. The van der Waals surface area contributed by atoms with Crippen LogP contribution in [0.3, 0.4) is 0 Å². The molecule has 24 heavy (non-hydrogen) atoms. The molecular formula is C18H15FN2O3. The first-order chi connectivity index (χ1) is 11.6. The topological polar surface area (TPSA) is 64.4 Å². The van der Waals surface area contributed by atoms with Crippen molar-refractivity contribution in [3.8, 4) is 17.1 Å². The van der Waals surface area contributed by atoms with E-state index in [0.29, 0.717) is 28.3 Å². The fourth-order valence-corrected chi connectivity index (χ4v) is 2.22. The van der Waals surface area contributed by atoms with Gasteiger partial charge in [0.05, 0.1) is 7.11 Å². The average Bonchev–Trinajstić information content (AvgIpc) is 3.08. The van der Waals surface area contributed by atoms with Crippen molar-refractivity contribution in [2.24, 2.45) is 0 Å². The van der Waals surface area contributed by atoms with Crippen molar-refractivity contribution in [2.45, 2.75) is 6.92 Å². The van der Waals surface area contributed by atoms with Crippen LogP contribution in [-0.4, -0.2) is 18.0 Å². The van der Waals surface area contributed by atoms with Gasteiger partial charge in [-0.25, -0.2) is 9.37 Å². The van der Waals surface area contributed by atoms with E-state index in [9.17, 15) is 9.18 Å². The molecule has 5 nitrogen and oxygen atoms in total. The molecule has 122 valence electrons. The maximum Gasteiger partial charge on any atom is 0.278 e. The molecule has 0 aliphatic rings. The van der Waals surface area contributed by atoms with Crippen molar-refractivity contribution in [2.75, 3.05) is 12.4 Å². The van der Waals surface area contributed by atoms with Crippen molar-refractivity contribution in [1.29, 1.82) is 0 Å². The first kappa shape index (κ1) is 15.7. The molecule has 2 aromatic carbocycles. The van der Waals surface area contributed by atoms with Crippen LogP contribution in [0.2, 0.25) is 0 Å². The molecule has 0 unspecified atom stereocenters. The lowest BCUT2D eigenvalue weighted by Gasteiger charge is -2.06. The third-order valence-electron chi connectivity index (χ3n) is 3.56. The van der Waals surface area contributed by atoms with Crippen molar-refractivity contribution >= 4 is 11.6 Å². The number of methoxy groups -OCH3 is 1. The molecule has 0 aliphatic carbocycles. The number of halogens is 1. The molecule has 0 spiro atoms. The molecule has 3 rings (SSSR count). The number of carbonyl (C=O) groups excluding carboxylic acids is 1. The first-order valence-electron chi connectivity index (χ1n) is 7.24. The van der Waals surface area contributed by atoms with E-state index in [1.54, 1.807) is 50.4 Å². The van der Waals surface area contributed by atoms with E-state index in [1.165, 1.54) is 12.5 Å². The summed E-state index contributed by atoms with van der Waals surface area (Å²) >= 11 is 0. The van der Waals surface area contributed by atoms with Crippen molar-refractivity contribution < 1.29 is 18.3 Å². The van der Waals surface area contributed by atoms with Gasteiger partial charge < -0.3 is 14.5 Å². The maximum absolute atomic E-state index is 13.6. The summed E-state index contributed by atoms with van der Waals surface area (Å²) in [4.78, 5) is 16.4. The van der Waals surface area contributed by atoms with E-state index in [4.69, 9.17) is 9.15 Å². The van der Waals surface area contributed by atoms with Gasteiger partial charge in [0.15, 0.2) is 17.8 Å². The van der Waals surface area contributed by atoms with Crippen molar-refractivity contribution in [1.82, 2.24) is 4.98 Å². The van der Waals surface area contributed by atoms with Crippen LogP contribution in [0.4, 0.5) is 10.1 Å². The van der Waals surface area contributed by atoms with Crippen LogP contribution in [0.25, 0.3) is 11.3 Å². The molecule has 0 saturated carbocycles. The molecule has 1 amide bonds. The molecule has 0 saturated heterocycles. The third-order valence-corrected chi connectivity index (χ3v) is 3.56. The largest absolute Gasteiger partial charge is 0.497 e. The Bertz CT molecular complexity index is 872. The smallest absolute Gasteiger partial charge is 0.278 e. The first-order valence-corrected chi connectivity index (χ1v) is 7.24. The number of ether oxygens (including phenoxy) is 1. The van der Waals surface area contributed by atoms with E-state index in [0.717, 1.165) is 0 Å². The molecule has 0 radical (unpaired) electrons. The van der Waals surface area contributed by atoms with Gasteiger partial charge in [-0.2, -0.15) is 0 Å². The van der Waals surface area contributed by atoms with E-state index in [-0.39, 0.29) is 11.5 Å². The Morgan fingerprint density at radius 3 is 2.62 bits per heavy atom. The lowest BCUT2D eigenvalue weighted by molar-refractivity contribution is 0.102. The van der Waals surface area contributed by atoms with Crippen LogP contribution in [0.15, 0.2) is 53.3 Å². The molecule has 0 fully saturated rings. The lowest BCUT2D eigenvalue weighted by Crippen LogP contribution is -2.13. The number of amides is 1. The number of aryl methyl sites for hydroxylation is 1. The van der Waals surface area contributed by atoms with E-state index >= 15 is 0 Å². The Morgan fingerprint density at radius 2 is 1.96 bits per heavy atom. The summed E-state index contributed by atoms with van der Waals surface area (Å²) in [5.74, 6) is 0.170. The Morgan fingerprint density at radius 1 is 1.21 bits per heavy atom. The second-order valence-electron chi connectivity index (χ2n) is 5.18. The minimum atomic E-state index is -0.474. The molecule has 3 aromatic rings. The van der Waals surface area contributed by atoms with Crippen LogP contribution in [0.1, 0.15) is 16.1 Å². The zero-order chi connectivity index (χ0) is 17.1. The summed E-state index contributed by atoms with van der Waals surface area (Å²) in [6.07, 6.45) is 1.20. The fourth-order valence-electron chi connectivity index (χ4n) is 2.22. The number of nitrogens with one attached hydrogen (secondary N) is 1. The molecule has 1 aromatic heterocycles. The number of hydrogen-bond acceptors (Lipinski definition) is 4. The van der Waals surface area contributed by atoms with Gasteiger partial charge in [-0.1, -0.05) is 6.07 Å². The number of nitrogens with zero attached hydrogens (tertiary/aromatic N) is 1. The minimum Gasteiger partial charge on any atom is -0.497 e. The highest BCUT2D eigenvalue weighted by Gasteiger charge is 2.18. The number of aromatic nitrogens is 1. The van der Waals surface area contributed by atoms with Gasteiger partial charge in [0.1, 0.15) is 11.6 Å². The number of carbonyl (C=O) groups is 1. The van der Waals surface area contributed by atoms with E-state index in [2.05, 4.69) is 10.3 Å². The van der Waals surface area contributed by atoms with Crippen LogP contribution >= 0.6 is 0 Å². The normalized spacial score (nSPS) is 10.5. The maximum atomic E-state index is 13.6. The number of oxazole rings is 1. The highest BCUT2D eigenvalue weighted by Crippen LogP contribution is 2.26. The van der Waals surface area contributed by atoms with E-state index < -0.39 is 5.91 Å². The fraction of sp³-hybridized carbons (Fsp3) is 0.111. The SMILES string of the molecule is COc1ccc(-c2ocnc2C(=O)Nc2ccc(C)c(F)c2)cc1. The van der Waals surface area contributed by atoms with Crippen molar-refractivity contribution in [3.63, 3.8) is 0 Å². The Labute approximate surface area is 138 Å². The average molecular weight is 326 g/mol. The number of anilines is 1. The zero-order valence-corrected chi connectivity index (χ0v) is 13.2. The summed E-state index contributed by atoms with van der Waals surface area (Å²) in [5.41, 5.74) is 1.68. The Kier molecular flexibility index (Phi) is 4.29. The zero-order valence-electron chi connectivity index (χ0n) is 13.2. The number of benzene rings is 2. The third kappa shape index (κ3) is 3.12. The van der Waals surface area contributed by atoms with Gasteiger partial charge in [0, 0.05) is 11.3 Å². The molecule has 6 heteroatoms. The molecular weight excluding hydrogens is 311 g/mol. The second-order valence-corrected chi connectivity index (χ2v) is 5.18. The van der Waals surface area contributed by atoms with Gasteiger partial charge in [-0.05, 0) is 48.9 Å². The number of hydrogen-bond donors (Lipinski definition) is 1. The van der Waals surface area contributed by atoms with Crippen LogP contribution < -0.4 is 10.1 Å². The van der Waals surface area contributed by atoms with Gasteiger partial charge >= 0.3 is 0 Å². The van der Waals surface area contributed by atoms with Gasteiger partial charge in [0.2, 0.25) is 0 Å². The standard InChI is InChI=1S/C18H15FN2O3/c1-11-3-6-13(9-15(11)19)21-18(22)16-17(24-10-20-16)12-4-7-14(23-2)8-5-12/h3-10H,1-2H3,(H,21,22). The van der Waals surface area contributed by atoms with E-state index in [1.807, 2.05) is 0 Å². The van der Waals surface area contributed by atoms with Crippen LogP contribution in [-0.2, 0) is 0 Å². The van der Waals surface area contributed by atoms with Crippen LogP contribution in [0.5, 0.6) is 5.75 Å². The molecule has 0 bridgehead atoms. The summed E-state index contributed by atoms with van der Waals surface area (Å²) in [5, 5.41) is 2.62. The summed E-state index contributed by atoms with van der Waals surface area (Å²) < 4.78 is 24.0. The van der Waals surface area contributed by atoms with Gasteiger partial charge in [-0.3, -0.25) is 4.79 Å². The van der Waals surface area contributed by atoms with Gasteiger partial charge in [0.25, 0.3) is 5.91 Å². The highest BCUT2D eigenvalue weighted by molar-refractivity contribution is 6.06. The molecule has 1 heterocycles. The Balaban J connectivity index is 1.85. The van der Waals surface area contributed by atoms with Crippen molar-refractivity contribution in [3.05, 3.63) is 65.9 Å². The summed E-state index contributed by atoms with van der Waals surface area (Å²) in [7, 11) is 1.57. The summed E-state index contributed by atoms with van der Waals surface area (Å²) in [6, 6.07) is 11.5. The summed E-state index contributed by atoms with van der Waals surface area (Å²) in [6.45, 7) is 1.65. The van der Waals surface area contributed by atoms with Crippen LogP contribution in [0, 0.1) is 12.7 Å². The minimum absolute atomic E-state index is 0.126. The number of rotatable bonds is 4. The second kappa shape index (κ2) is 6.54. The van der Waals surface area contributed by atoms with Gasteiger partial charge in [-0.15, -0.1) is 0 Å². The molecule has 1 N–H and O–H groups in total. The highest BCUT2D eigenvalue weighted by atomic mass is 19.1. The molecule has 0 atom stereocenters. The quantitative estimate of drug-likeness (QED) is 0.785. The Hall–Kier alpha value is -3.15. The monoisotopic (exact) mass is 326 g/mol. The predicted molar refractivity (Wildman–Crippen MR) is 87.6 cm³/mol.